The average Bonchev–Trinajstić information content (AvgIpc) is 3.12. The van der Waals surface area contributed by atoms with Gasteiger partial charge in [-0.3, -0.25) is 24.0 Å². The van der Waals surface area contributed by atoms with Crippen LogP contribution in [0.3, 0.4) is 0 Å². The molecule has 1 aliphatic carbocycles. The van der Waals surface area contributed by atoms with Crippen LogP contribution >= 0.6 is 0 Å². The fraction of sp³-hybridized carbons (Fsp3) is 0.684. The monoisotopic (exact) mass is 459 g/mol. The molecule has 174 valence electrons. The number of likely N-dealkylation sites (tertiary alicyclic amines) is 1. The normalized spacial score (nSPS) is 27.8. The third-order valence-corrected chi connectivity index (χ3v) is 5.41. The predicted octanol–water partition coefficient (Wildman–Crippen LogP) is 0.0642. The first-order valence-corrected chi connectivity index (χ1v) is 11.6. The van der Waals surface area contributed by atoms with Gasteiger partial charge in [0.25, 0.3) is 5.91 Å². The zero-order valence-electron chi connectivity index (χ0n) is 18.3. The molecule has 0 spiro atoms. The molecule has 0 aromatic carbocycles. The second-order valence-electron chi connectivity index (χ2n) is 8.83. The predicted molar refractivity (Wildman–Crippen MR) is 109 cm³/mol. The van der Waals surface area contributed by atoms with Crippen LogP contribution in [0.4, 0.5) is 4.79 Å². The van der Waals surface area contributed by atoms with Gasteiger partial charge in [-0.1, -0.05) is 6.08 Å². The molecule has 0 bridgehead atoms. The van der Waals surface area contributed by atoms with Crippen LogP contribution in [-0.2, 0) is 33.9 Å². The molecular formula is C19H29N3O8S. The van der Waals surface area contributed by atoms with Crippen molar-refractivity contribution in [3.63, 3.8) is 0 Å². The van der Waals surface area contributed by atoms with Gasteiger partial charge in [0.05, 0.1) is 12.8 Å². The van der Waals surface area contributed by atoms with E-state index in [1.54, 1.807) is 20.8 Å². The largest absolute Gasteiger partial charge is 0.461 e. The Balaban J connectivity index is 2.24. The Morgan fingerprint density at radius 3 is 2.29 bits per heavy atom. The molecular weight excluding hydrogens is 430 g/mol. The molecule has 1 aliphatic heterocycles. The number of amides is 3. The first-order chi connectivity index (χ1) is 14.1. The van der Waals surface area contributed by atoms with Crippen LogP contribution in [0.5, 0.6) is 0 Å². The molecule has 0 radical (unpaired) electrons. The van der Waals surface area contributed by atoms with Crippen molar-refractivity contribution >= 4 is 33.9 Å². The second-order valence-corrected chi connectivity index (χ2v) is 10.6. The van der Waals surface area contributed by atoms with E-state index in [2.05, 4.69) is 11.9 Å². The van der Waals surface area contributed by atoms with Gasteiger partial charge in [-0.2, -0.15) is 0 Å². The van der Waals surface area contributed by atoms with E-state index >= 15 is 0 Å². The standard InChI is InChI=1S/C19H29N3O8S/c1-7-12-9-19(12,16(25)21-31(6,27)28)20-15(24)14-8-13(29-11(2)23)10-22(14)17(26)30-18(3,4)5/h7,12-14H,1,8-10H2,2-6H3,(H,20,24)(H,21,25)/t12-,13-,14+,19?/m1/s1. The summed E-state index contributed by atoms with van der Waals surface area (Å²) in [7, 11) is -3.85. The van der Waals surface area contributed by atoms with E-state index in [0.717, 1.165) is 11.2 Å². The van der Waals surface area contributed by atoms with Gasteiger partial charge in [0, 0.05) is 19.3 Å². The number of esters is 1. The molecule has 1 saturated carbocycles. The van der Waals surface area contributed by atoms with Gasteiger partial charge in [0.1, 0.15) is 23.3 Å². The zero-order chi connectivity index (χ0) is 23.8. The number of sulfonamides is 1. The maximum Gasteiger partial charge on any atom is 0.411 e. The highest BCUT2D eigenvalue weighted by Crippen LogP contribution is 2.45. The molecule has 0 aromatic rings. The summed E-state index contributed by atoms with van der Waals surface area (Å²) in [5, 5.41) is 2.58. The fourth-order valence-corrected chi connectivity index (χ4v) is 4.00. The van der Waals surface area contributed by atoms with Crippen molar-refractivity contribution in [2.45, 2.75) is 63.8 Å². The van der Waals surface area contributed by atoms with Gasteiger partial charge in [0.2, 0.25) is 15.9 Å². The second kappa shape index (κ2) is 8.48. The Kier molecular flexibility index (Phi) is 6.74. The third-order valence-electron chi connectivity index (χ3n) is 4.85. The summed E-state index contributed by atoms with van der Waals surface area (Å²) in [6.07, 6.45) is 0.952. The Labute approximate surface area is 181 Å². The summed E-state index contributed by atoms with van der Waals surface area (Å²) in [5.41, 5.74) is -2.31. The quantitative estimate of drug-likeness (QED) is 0.419. The molecule has 1 saturated heterocycles. The van der Waals surface area contributed by atoms with E-state index in [9.17, 15) is 27.6 Å². The summed E-state index contributed by atoms with van der Waals surface area (Å²) in [5.74, 6) is -2.60. The molecule has 3 amide bonds. The van der Waals surface area contributed by atoms with E-state index in [1.807, 2.05) is 4.72 Å². The fourth-order valence-electron chi connectivity index (χ4n) is 3.49. The van der Waals surface area contributed by atoms with Crippen molar-refractivity contribution in [1.29, 1.82) is 0 Å². The Hall–Kier alpha value is -2.63. The number of carbonyl (C=O) groups excluding carboxylic acids is 4. The average molecular weight is 460 g/mol. The molecule has 0 aromatic heterocycles. The minimum absolute atomic E-state index is 0.00713. The highest BCUT2D eigenvalue weighted by Gasteiger charge is 2.61. The first-order valence-electron chi connectivity index (χ1n) is 9.71. The van der Waals surface area contributed by atoms with Crippen LogP contribution in [0.25, 0.3) is 0 Å². The molecule has 1 heterocycles. The lowest BCUT2D eigenvalue weighted by atomic mass is 10.1. The van der Waals surface area contributed by atoms with Gasteiger partial charge in [-0.25, -0.2) is 13.2 Å². The van der Waals surface area contributed by atoms with E-state index in [4.69, 9.17) is 9.47 Å². The SMILES string of the molecule is C=C[C@@H]1CC1(NC(=O)[C@@H]1C[C@@H](OC(C)=O)CN1C(=O)OC(C)(C)C)C(=O)NS(C)(=O)=O. The molecule has 11 nitrogen and oxygen atoms in total. The number of rotatable bonds is 6. The van der Waals surface area contributed by atoms with Crippen molar-refractivity contribution in [3.05, 3.63) is 12.7 Å². The van der Waals surface area contributed by atoms with Crippen molar-refractivity contribution in [2.75, 3.05) is 12.8 Å². The van der Waals surface area contributed by atoms with Crippen molar-refractivity contribution < 1.29 is 37.1 Å². The summed E-state index contributed by atoms with van der Waals surface area (Å²) in [6.45, 7) is 9.78. The Morgan fingerprint density at radius 2 is 1.84 bits per heavy atom. The van der Waals surface area contributed by atoms with Crippen LogP contribution in [0, 0.1) is 5.92 Å². The number of carbonyl (C=O) groups is 4. The van der Waals surface area contributed by atoms with Gasteiger partial charge in [-0.15, -0.1) is 6.58 Å². The highest BCUT2D eigenvalue weighted by molar-refractivity contribution is 7.89. The summed E-state index contributed by atoms with van der Waals surface area (Å²) < 4.78 is 35.4. The number of nitrogens with one attached hydrogen (secondary N) is 2. The summed E-state index contributed by atoms with van der Waals surface area (Å²) in [4.78, 5) is 50.8. The lowest BCUT2D eigenvalue weighted by Gasteiger charge is -2.29. The number of nitrogens with zero attached hydrogens (tertiary/aromatic N) is 1. The van der Waals surface area contributed by atoms with Gasteiger partial charge < -0.3 is 14.8 Å². The number of ether oxygens (including phenoxy) is 2. The lowest BCUT2D eigenvalue weighted by Crippen LogP contribution is -2.56. The molecule has 2 fully saturated rings. The lowest BCUT2D eigenvalue weighted by molar-refractivity contribution is -0.145. The van der Waals surface area contributed by atoms with Crippen molar-refractivity contribution in [2.24, 2.45) is 5.92 Å². The van der Waals surface area contributed by atoms with E-state index < -0.39 is 63.1 Å². The maximum absolute atomic E-state index is 13.1. The Bertz CT molecular complexity index is 894. The van der Waals surface area contributed by atoms with Gasteiger partial charge in [-0.05, 0) is 27.2 Å². The zero-order valence-corrected chi connectivity index (χ0v) is 19.1. The Morgan fingerprint density at radius 1 is 1.23 bits per heavy atom. The van der Waals surface area contributed by atoms with Gasteiger partial charge in [0.15, 0.2) is 0 Å². The molecule has 2 aliphatic rings. The molecule has 1 unspecified atom stereocenters. The van der Waals surface area contributed by atoms with Gasteiger partial charge >= 0.3 is 12.1 Å². The molecule has 2 rings (SSSR count). The van der Waals surface area contributed by atoms with Crippen LogP contribution < -0.4 is 10.0 Å². The van der Waals surface area contributed by atoms with Crippen LogP contribution in [0.2, 0.25) is 0 Å². The minimum Gasteiger partial charge on any atom is -0.461 e. The summed E-state index contributed by atoms with van der Waals surface area (Å²) in [6, 6.07) is -1.08. The van der Waals surface area contributed by atoms with E-state index in [0.29, 0.717) is 0 Å². The van der Waals surface area contributed by atoms with Crippen molar-refractivity contribution in [1.82, 2.24) is 14.9 Å². The molecule has 4 atom stereocenters. The first kappa shape index (κ1) is 24.6. The third kappa shape index (κ3) is 6.18. The topological polar surface area (TPSA) is 148 Å². The maximum atomic E-state index is 13.1. The summed E-state index contributed by atoms with van der Waals surface area (Å²) >= 11 is 0. The van der Waals surface area contributed by atoms with Crippen LogP contribution in [0.15, 0.2) is 12.7 Å². The number of hydrogen-bond acceptors (Lipinski definition) is 8. The molecule has 2 N–H and O–H groups in total. The van der Waals surface area contributed by atoms with Crippen molar-refractivity contribution in [3.8, 4) is 0 Å². The van der Waals surface area contributed by atoms with E-state index in [1.165, 1.54) is 13.0 Å². The molecule has 31 heavy (non-hydrogen) atoms. The highest BCUT2D eigenvalue weighted by atomic mass is 32.2. The molecule has 12 heteroatoms. The minimum atomic E-state index is -3.85. The van der Waals surface area contributed by atoms with Crippen LogP contribution in [0.1, 0.15) is 40.5 Å². The van der Waals surface area contributed by atoms with E-state index in [-0.39, 0.29) is 19.4 Å². The smallest absolute Gasteiger partial charge is 0.411 e. The van der Waals surface area contributed by atoms with Crippen LogP contribution in [-0.4, -0.2) is 73.3 Å². The number of hydrogen-bond donors (Lipinski definition) is 2.